The summed E-state index contributed by atoms with van der Waals surface area (Å²) in [5, 5.41) is 2.48. The van der Waals surface area contributed by atoms with Gasteiger partial charge >= 0.3 is 0 Å². The molecule has 80 valence electrons. The number of hydrogen-bond donors (Lipinski definition) is 2. The number of hydrogen-bond acceptors (Lipinski definition) is 4. The SMILES string of the molecule is CC(C)(C)c1csc(NS(C)(=N)=O)n1. The van der Waals surface area contributed by atoms with E-state index in [9.17, 15) is 4.21 Å². The normalized spacial score (nSPS) is 16.3. The molecule has 1 heterocycles. The molecule has 1 aromatic rings. The van der Waals surface area contributed by atoms with Crippen LogP contribution in [0, 0.1) is 4.78 Å². The topological polar surface area (TPSA) is 65.8 Å². The van der Waals surface area contributed by atoms with Gasteiger partial charge in [0.2, 0.25) is 0 Å². The highest BCUT2D eigenvalue weighted by Crippen LogP contribution is 2.26. The van der Waals surface area contributed by atoms with Crippen LogP contribution in [0.3, 0.4) is 0 Å². The maximum atomic E-state index is 11.1. The average molecular weight is 233 g/mol. The predicted octanol–water partition coefficient (Wildman–Crippen LogP) is 2.44. The smallest absolute Gasteiger partial charge is 0.195 e. The fourth-order valence-corrected chi connectivity index (χ4v) is 2.66. The third kappa shape index (κ3) is 3.26. The highest BCUT2D eigenvalue weighted by molar-refractivity contribution is 7.93. The Hall–Kier alpha value is -0.620. The molecule has 1 aromatic heterocycles. The highest BCUT2D eigenvalue weighted by atomic mass is 32.2. The molecule has 1 atom stereocenters. The first kappa shape index (κ1) is 11.5. The van der Waals surface area contributed by atoms with E-state index in [0.717, 1.165) is 5.69 Å². The Bertz CT molecular complexity index is 414. The van der Waals surface area contributed by atoms with Crippen LogP contribution in [-0.2, 0) is 15.3 Å². The van der Waals surface area contributed by atoms with Crippen molar-refractivity contribution in [3.8, 4) is 0 Å². The maximum Gasteiger partial charge on any atom is 0.195 e. The van der Waals surface area contributed by atoms with E-state index in [1.54, 1.807) is 0 Å². The van der Waals surface area contributed by atoms with E-state index < -0.39 is 9.92 Å². The molecule has 1 rings (SSSR count). The van der Waals surface area contributed by atoms with Crippen molar-refractivity contribution in [2.24, 2.45) is 0 Å². The van der Waals surface area contributed by atoms with Gasteiger partial charge in [-0.05, 0) is 0 Å². The molecule has 6 heteroatoms. The number of nitrogens with one attached hydrogen (secondary N) is 2. The van der Waals surface area contributed by atoms with Crippen LogP contribution < -0.4 is 4.72 Å². The Labute approximate surface area is 88.9 Å². The third-order valence-corrected chi connectivity index (χ3v) is 3.02. The van der Waals surface area contributed by atoms with Crippen LogP contribution in [-0.4, -0.2) is 15.4 Å². The number of rotatable bonds is 2. The predicted molar refractivity (Wildman–Crippen MR) is 61.2 cm³/mol. The van der Waals surface area contributed by atoms with Gasteiger partial charge in [0.05, 0.1) is 5.69 Å². The Morgan fingerprint density at radius 1 is 1.57 bits per heavy atom. The molecule has 0 bridgehead atoms. The molecule has 0 saturated carbocycles. The quantitative estimate of drug-likeness (QED) is 0.824. The van der Waals surface area contributed by atoms with Crippen molar-refractivity contribution < 1.29 is 4.21 Å². The van der Waals surface area contributed by atoms with Crippen molar-refractivity contribution in [1.82, 2.24) is 4.98 Å². The highest BCUT2D eigenvalue weighted by Gasteiger charge is 2.17. The molecule has 14 heavy (non-hydrogen) atoms. The van der Waals surface area contributed by atoms with Crippen LogP contribution in [0.15, 0.2) is 5.38 Å². The summed E-state index contributed by atoms with van der Waals surface area (Å²) in [6, 6.07) is 0. The molecule has 0 saturated heterocycles. The standard InChI is InChI=1S/C8H15N3OS2/c1-8(2,3)6-5-13-7(10-6)11-14(4,9)12/h5H,1-4H3,(H2,9,10,11,12). The molecule has 0 spiro atoms. The molecule has 4 nitrogen and oxygen atoms in total. The largest absolute Gasteiger partial charge is 0.275 e. The van der Waals surface area contributed by atoms with Crippen LogP contribution in [0.1, 0.15) is 26.5 Å². The van der Waals surface area contributed by atoms with Gasteiger partial charge in [-0.2, -0.15) is 0 Å². The minimum absolute atomic E-state index is 0.00687. The summed E-state index contributed by atoms with van der Waals surface area (Å²) in [5.74, 6) is 0. The number of thiazole rings is 1. The molecule has 2 N–H and O–H groups in total. The second kappa shape index (κ2) is 3.51. The first-order valence-electron chi connectivity index (χ1n) is 4.16. The Morgan fingerprint density at radius 2 is 2.14 bits per heavy atom. The molecular weight excluding hydrogens is 218 g/mol. The van der Waals surface area contributed by atoms with E-state index in [-0.39, 0.29) is 5.41 Å². The van der Waals surface area contributed by atoms with Gasteiger partial charge in [-0.3, -0.25) is 4.72 Å². The molecule has 0 aromatic carbocycles. The van der Waals surface area contributed by atoms with Crippen molar-refractivity contribution in [3.05, 3.63) is 11.1 Å². The van der Waals surface area contributed by atoms with E-state index >= 15 is 0 Å². The van der Waals surface area contributed by atoms with Gasteiger partial charge < -0.3 is 0 Å². The average Bonchev–Trinajstić information content (AvgIpc) is 2.29. The molecule has 0 aliphatic carbocycles. The Kier molecular flexibility index (Phi) is 2.87. The van der Waals surface area contributed by atoms with Gasteiger partial charge in [0.25, 0.3) is 0 Å². The first-order chi connectivity index (χ1) is 6.18. The Morgan fingerprint density at radius 3 is 2.50 bits per heavy atom. The monoisotopic (exact) mass is 233 g/mol. The lowest BCUT2D eigenvalue weighted by atomic mass is 9.93. The maximum absolute atomic E-state index is 11.1. The molecule has 0 aliphatic rings. The lowest BCUT2D eigenvalue weighted by molar-refractivity contribution is 0.573. The van der Waals surface area contributed by atoms with Gasteiger partial charge in [0.1, 0.15) is 9.92 Å². The minimum atomic E-state index is -2.71. The summed E-state index contributed by atoms with van der Waals surface area (Å²) in [6.45, 7) is 6.20. The molecule has 0 amide bonds. The fourth-order valence-electron chi connectivity index (χ4n) is 0.832. The van der Waals surface area contributed by atoms with Crippen LogP contribution in [0.2, 0.25) is 0 Å². The lowest BCUT2D eigenvalue weighted by Gasteiger charge is -2.14. The summed E-state index contributed by atoms with van der Waals surface area (Å²) in [7, 11) is -2.71. The summed E-state index contributed by atoms with van der Waals surface area (Å²) in [5.41, 5.74) is 0.946. The molecule has 0 radical (unpaired) electrons. The van der Waals surface area contributed by atoms with Crippen LogP contribution in [0.25, 0.3) is 0 Å². The second-order valence-corrected chi connectivity index (χ2v) is 6.98. The van der Waals surface area contributed by atoms with Crippen LogP contribution in [0.5, 0.6) is 0 Å². The second-order valence-electron chi connectivity index (χ2n) is 4.23. The molecular formula is C8H15N3OS2. The minimum Gasteiger partial charge on any atom is -0.275 e. The molecule has 0 aliphatic heterocycles. The zero-order valence-corrected chi connectivity index (χ0v) is 10.4. The van der Waals surface area contributed by atoms with E-state index in [1.165, 1.54) is 17.6 Å². The van der Waals surface area contributed by atoms with Crippen molar-refractivity contribution in [2.45, 2.75) is 26.2 Å². The van der Waals surface area contributed by atoms with Crippen LogP contribution >= 0.6 is 11.3 Å². The summed E-state index contributed by atoms with van der Waals surface area (Å²) in [4.78, 5) is 4.28. The zero-order chi connectivity index (χ0) is 11.0. The summed E-state index contributed by atoms with van der Waals surface area (Å²) < 4.78 is 20.9. The van der Waals surface area contributed by atoms with Gasteiger partial charge in [0, 0.05) is 17.1 Å². The van der Waals surface area contributed by atoms with Gasteiger partial charge in [-0.15, -0.1) is 11.3 Å². The number of anilines is 1. The lowest BCUT2D eigenvalue weighted by Crippen LogP contribution is -2.12. The van der Waals surface area contributed by atoms with Gasteiger partial charge in [0.15, 0.2) is 5.13 Å². The van der Waals surface area contributed by atoms with Crippen LogP contribution in [0.4, 0.5) is 5.13 Å². The summed E-state index contributed by atoms with van der Waals surface area (Å²) in [6.07, 6.45) is 1.34. The summed E-state index contributed by atoms with van der Waals surface area (Å²) >= 11 is 1.38. The van der Waals surface area contributed by atoms with Crippen molar-refractivity contribution in [1.29, 1.82) is 4.78 Å². The number of aromatic nitrogens is 1. The fraction of sp³-hybridized carbons (Fsp3) is 0.625. The van der Waals surface area contributed by atoms with Crippen molar-refractivity contribution in [2.75, 3.05) is 11.0 Å². The zero-order valence-electron chi connectivity index (χ0n) is 8.75. The third-order valence-electron chi connectivity index (χ3n) is 1.55. The Balaban J connectivity index is 2.90. The van der Waals surface area contributed by atoms with E-state index in [2.05, 4.69) is 30.5 Å². The first-order valence-corrected chi connectivity index (χ1v) is 7.00. The number of nitrogens with zero attached hydrogens (tertiary/aromatic N) is 1. The molecule has 1 unspecified atom stereocenters. The van der Waals surface area contributed by atoms with Gasteiger partial charge in [-0.25, -0.2) is 14.0 Å². The van der Waals surface area contributed by atoms with E-state index in [1.807, 2.05) is 5.38 Å². The van der Waals surface area contributed by atoms with Gasteiger partial charge in [-0.1, -0.05) is 20.8 Å². The van der Waals surface area contributed by atoms with Crippen molar-refractivity contribution >= 4 is 26.4 Å². The van der Waals surface area contributed by atoms with E-state index in [4.69, 9.17) is 4.78 Å². The molecule has 0 fully saturated rings. The van der Waals surface area contributed by atoms with Crippen molar-refractivity contribution in [3.63, 3.8) is 0 Å². The van der Waals surface area contributed by atoms with E-state index in [0.29, 0.717) is 5.13 Å².